The Morgan fingerprint density at radius 2 is 1.82 bits per heavy atom. The van der Waals surface area contributed by atoms with E-state index in [4.69, 9.17) is 16.3 Å². The first-order valence-corrected chi connectivity index (χ1v) is 10.2. The summed E-state index contributed by atoms with van der Waals surface area (Å²) in [5, 5.41) is 3.45. The molecule has 28 heavy (non-hydrogen) atoms. The topological polar surface area (TPSA) is 58.6 Å². The SMILES string of the molecule is CC(C)NC(=O)[C@@H](C)N(Cc1cccc(Br)c1)C(=O)COc1ccc(Cl)cc1. The third kappa shape index (κ3) is 6.84. The fourth-order valence-corrected chi connectivity index (χ4v) is 3.15. The molecule has 0 saturated carbocycles. The molecule has 0 aliphatic rings. The van der Waals surface area contributed by atoms with Crippen LogP contribution in [0.1, 0.15) is 26.3 Å². The summed E-state index contributed by atoms with van der Waals surface area (Å²) in [5.74, 6) is 0.0608. The standard InChI is InChI=1S/C21H24BrClN2O3/c1-14(2)24-21(27)15(3)25(12-16-5-4-6-17(22)11-16)20(26)13-28-19-9-7-18(23)8-10-19/h4-11,14-15H,12-13H2,1-3H3,(H,24,27)/t15-/m1/s1. The van der Waals surface area contributed by atoms with E-state index in [1.807, 2.05) is 38.1 Å². The lowest BCUT2D eigenvalue weighted by molar-refractivity contribution is -0.142. The maximum Gasteiger partial charge on any atom is 0.261 e. The van der Waals surface area contributed by atoms with E-state index in [9.17, 15) is 9.59 Å². The van der Waals surface area contributed by atoms with Gasteiger partial charge in [0.15, 0.2) is 6.61 Å². The van der Waals surface area contributed by atoms with E-state index in [1.54, 1.807) is 31.2 Å². The highest BCUT2D eigenvalue weighted by Gasteiger charge is 2.26. The maximum atomic E-state index is 12.9. The van der Waals surface area contributed by atoms with Gasteiger partial charge in [-0.25, -0.2) is 0 Å². The molecule has 2 amide bonds. The number of amides is 2. The van der Waals surface area contributed by atoms with Gasteiger partial charge in [-0.15, -0.1) is 0 Å². The van der Waals surface area contributed by atoms with Gasteiger partial charge in [0.25, 0.3) is 5.91 Å². The molecule has 0 radical (unpaired) electrons. The molecule has 0 aliphatic carbocycles. The Balaban J connectivity index is 2.14. The molecule has 0 aromatic heterocycles. The number of halogens is 2. The van der Waals surface area contributed by atoms with Gasteiger partial charge in [-0.1, -0.05) is 39.7 Å². The quantitative estimate of drug-likeness (QED) is 0.625. The lowest BCUT2D eigenvalue weighted by atomic mass is 10.1. The van der Waals surface area contributed by atoms with Crippen LogP contribution in [-0.2, 0) is 16.1 Å². The predicted octanol–water partition coefficient (Wildman–Crippen LogP) is 4.42. The van der Waals surface area contributed by atoms with Gasteiger partial charge >= 0.3 is 0 Å². The minimum absolute atomic E-state index is 0.0110. The van der Waals surface area contributed by atoms with Crippen LogP contribution >= 0.6 is 27.5 Å². The highest BCUT2D eigenvalue weighted by atomic mass is 79.9. The summed E-state index contributed by atoms with van der Waals surface area (Å²) in [6.07, 6.45) is 0. The first-order chi connectivity index (χ1) is 13.3. The van der Waals surface area contributed by atoms with Crippen LogP contribution in [0.4, 0.5) is 0 Å². The van der Waals surface area contributed by atoms with Crippen LogP contribution in [0.2, 0.25) is 5.02 Å². The number of nitrogens with zero attached hydrogens (tertiary/aromatic N) is 1. The minimum Gasteiger partial charge on any atom is -0.484 e. The summed E-state index contributed by atoms with van der Waals surface area (Å²) in [6.45, 7) is 5.61. The number of carbonyl (C=O) groups is 2. The molecular weight excluding hydrogens is 444 g/mol. The average molecular weight is 468 g/mol. The summed E-state index contributed by atoms with van der Waals surface area (Å²) in [5.41, 5.74) is 0.915. The van der Waals surface area contributed by atoms with Crippen LogP contribution < -0.4 is 10.1 Å². The molecule has 5 nitrogen and oxygen atoms in total. The second-order valence-corrected chi connectivity index (χ2v) is 8.09. The number of hydrogen-bond donors (Lipinski definition) is 1. The molecule has 150 valence electrons. The molecule has 0 unspecified atom stereocenters. The van der Waals surface area contributed by atoms with Gasteiger partial charge in [0.2, 0.25) is 5.91 Å². The van der Waals surface area contributed by atoms with E-state index in [2.05, 4.69) is 21.2 Å². The Morgan fingerprint density at radius 1 is 1.14 bits per heavy atom. The Bertz CT molecular complexity index is 812. The molecule has 0 heterocycles. The summed E-state index contributed by atoms with van der Waals surface area (Å²) in [4.78, 5) is 26.9. The molecule has 1 N–H and O–H groups in total. The second-order valence-electron chi connectivity index (χ2n) is 6.73. The monoisotopic (exact) mass is 466 g/mol. The molecule has 2 rings (SSSR count). The third-order valence-electron chi connectivity index (χ3n) is 4.02. The van der Waals surface area contributed by atoms with Crippen molar-refractivity contribution in [2.45, 2.75) is 39.4 Å². The number of carbonyl (C=O) groups excluding carboxylic acids is 2. The summed E-state index contributed by atoms with van der Waals surface area (Å²) >= 11 is 9.30. The van der Waals surface area contributed by atoms with Crippen LogP contribution in [0.3, 0.4) is 0 Å². The highest BCUT2D eigenvalue weighted by Crippen LogP contribution is 2.18. The first kappa shape index (κ1) is 22.2. The Labute approximate surface area is 179 Å². The molecule has 0 bridgehead atoms. The third-order valence-corrected chi connectivity index (χ3v) is 4.76. The van der Waals surface area contributed by atoms with E-state index in [1.165, 1.54) is 4.90 Å². The molecule has 7 heteroatoms. The smallest absolute Gasteiger partial charge is 0.261 e. The lowest BCUT2D eigenvalue weighted by Gasteiger charge is -2.29. The van der Waals surface area contributed by atoms with E-state index in [-0.39, 0.29) is 24.5 Å². The van der Waals surface area contributed by atoms with Crippen LogP contribution in [0, 0.1) is 0 Å². The summed E-state index contributed by atoms with van der Waals surface area (Å²) in [6, 6.07) is 13.8. The van der Waals surface area contributed by atoms with Gasteiger partial charge in [-0.05, 0) is 62.7 Å². The lowest BCUT2D eigenvalue weighted by Crippen LogP contribution is -2.50. The number of ether oxygens (including phenoxy) is 1. The van der Waals surface area contributed by atoms with Gasteiger partial charge in [0, 0.05) is 22.1 Å². The zero-order valence-corrected chi connectivity index (χ0v) is 18.5. The van der Waals surface area contributed by atoms with E-state index >= 15 is 0 Å². The zero-order chi connectivity index (χ0) is 20.7. The molecule has 0 spiro atoms. The molecular formula is C21H24BrClN2O3. The van der Waals surface area contributed by atoms with E-state index < -0.39 is 6.04 Å². The van der Waals surface area contributed by atoms with E-state index in [0.29, 0.717) is 17.3 Å². The number of rotatable bonds is 8. The normalized spacial score (nSPS) is 11.8. The van der Waals surface area contributed by atoms with Crippen LogP contribution in [0.25, 0.3) is 0 Å². The van der Waals surface area contributed by atoms with Gasteiger partial charge in [0.05, 0.1) is 0 Å². The highest BCUT2D eigenvalue weighted by molar-refractivity contribution is 9.10. The fraction of sp³-hybridized carbons (Fsp3) is 0.333. The Morgan fingerprint density at radius 3 is 2.43 bits per heavy atom. The summed E-state index contributed by atoms with van der Waals surface area (Å²) < 4.78 is 6.50. The Kier molecular flexibility index (Phi) is 8.33. The molecule has 0 fully saturated rings. The van der Waals surface area contributed by atoms with Crippen LogP contribution in [-0.4, -0.2) is 35.4 Å². The Hall–Kier alpha value is -2.05. The van der Waals surface area contributed by atoms with Crippen molar-refractivity contribution in [3.05, 3.63) is 63.6 Å². The largest absolute Gasteiger partial charge is 0.484 e. The summed E-state index contributed by atoms with van der Waals surface area (Å²) in [7, 11) is 0. The van der Waals surface area contributed by atoms with Crippen molar-refractivity contribution in [3.63, 3.8) is 0 Å². The molecule has 2 aromatic carbocycles. The van der Waals surface area contributed by atoms with Gasteiger partial charge in [0.1, 0.15) is 11.8 Å². The van der Waals surface area contributed by atoms with Crippen LogP contribution in [0.15, 0.2) is 53.0 Å². The zero-order valence-electron chi connectivity index (χ0n) is 16.1. The van der Waals surface area contributed by atoms with Crippen molar-refractivity contribution in [1.29, 1.82) is 0 Å². The molecule has 0 aliphatic heterocycles. The molecule has 2 aromatic rings. The van der Waals surface area contributed by atoms with Gasteiger partial charge in [-0.3, -0.25) is 9.59 Å². The van der Waals surface area contributed by atoms with E-state index in [0.717, 1.165) is 10.0 Å². The van der Waals surface area contributed by atoms with Crippen molar-refractivity contribution < 1.29 is 14.3 Å². The van der Waals surface area contributed by atoms with Crippen molar-refractivity contribution in [3.8, 4) is 5.75 Å². The van der Waals surface area contributed by atoms with Crippen molar-refractivity contribution in [2.24, 2.45) is 0 Å². The maximum absolute atomic E-state index is 12.9. The number of benzene rings is 2. The average Bonchev–Trinajstić information content (AvgIpc) is 2.64. The second kappa shape index (κ2) is 10.5. The van der Waals surface area contributed by atoms with Gasteiger partial charge in [-0.2, -0.15) is 0 Å². The minimum atomic E-state index is -0.636. The van der Waals surface area contributed by atoms with Crippen molar-refractivity contribution in [2.75, 3.05) is 6.61 Å². The molecule has 0 saturated heterocycles. The van der Waals surface area contributed by atoms with Crippen LogP contribution in [0.5, 0.6) is 5.75 Å². The number of nitrogens with one attached hydrogen (secondary N) is 1. The predicted molar refractivity (Wildman–Crippen MR) is 114 cm³/mol. The molecule has 1 atom stereocenters. The van der Waals surface area contributed by atoms with Gasteiger partial charge < -0.3 is 15.0 Å². The fourth-order valence-electron chi connectivity index (χ4n) is 2.58. The number of hydrogen-bond acceptors (Lipinski definition) is 3. The van der Waals surface area contributed by atoms with Crippen molar-refractivity contribution in [1.82, 2.24) is 10.2 Å². The van der Waals surface area contributed by atoms with Crippen molar-refractivity contribution >= 4 is 39.3 Å². The first-order valence-electron chi connectivity index (χ1n) is 8.99.